The molecule has 0 saturated carbocycles. The van der Waals surface area contributed by atoms with Gasteiger partial charge < -0.3 is 14.2 Å². The van der Waals surface area contributed by atoms with Crippen molar-refractivity contribution in [3.63, 3.8) is 0 Å². The van der Waals surface area contributed by atoms with Crippen LogP contribution in [0.2, 0.25) is 5.02 Å². The lowest BCUT2D eigenvalue weighted by atomic mass is 10.1. The van der Waals surface area contributed by atoms with Crippen LogP contribution in [0.5, 0.6) is 0 Å². The summed E-state index contributed by atoms with van der Waals surface area (Å²) in [5, 5.41) is 12.0. The number of rotatable bonds is 9. The number of hydrogen-bond donors (Lipinski definition) is 0. The zero-order chi connectivity index (χ0) is 22.4. The maximum Gasteiger partial charge on any atom is 0.273 e. The van der Waals surface area contributed by atoms with Crippen molar-refractivity contribution in [1.82, 2.24) is 9.47 Å². The van der Waals surface area contributed by atoms with Crippen molar-refractivity contribution in [2.24, 2.45) is 0 Å². The Kier molecular flexibility index (Phi) is 7.44. The van der Waals surface area contributed by atoms with Crippen molar-refractivity contribution in [1.29, 1.82) is 0 Å². The Labute approximate surface area is 186 Å². The van der Waals surface area contributed by atoms with Crippen LogP contribution in [-0.4, -0.2) is 40.6 Å². The Morgan fingerprint density at radius 2 is 1.97 bits per heavy atom. The molecule has 1 heterocycles. The van der Waals surface area contributed by atoms with E-state index in [2.05, 4.69) is 0 Å². The Balaban J connectivity index is 1.85. The van der Waals surface area contributed by atoms with Crippen LogP contribution in [0, 0.1) is 17.0 Å². The van der Waals surface area contributed by atoms with Crippen LogP contribution in [0.25, 0.3) is 0 Å². The molecular formula is C23H24ClN3O4. The molecule has 0 spiro atoms. The number of methoxy groups -OCH3 is 1. The van der Waals surface area contributed by atoms with Gasteiger partial charge in [-0.25, -0.2) is 0 Å². The van der Waals surface area contributed by atoms with Gasteiger partial charge in [0.25, 0.3) is 11.6 Å². The smallest absolute Gasteiger partial charge is 0.273 e. The maximum absolute atomic E-state index is 13.2. The van der Waals surface area contributed by atoms with Gasteiger partial charge in [-0.15, -0.1) is 0 Å². The molecule has 31 heavy (non-hydrogen) atoms. The average Bonchev–Trinajstić information content (AvgIpc) is 3.19. The fraction of sp³-hybridized carbons (Fsp3) is 0.261. The van der Waals surface area contributed by atoms with Gasteiger partial charge >= 0.3 is 0 Å². The summed E-state index contributed by atoms with van der Waals surface area (Å²) in [6.07, 6.45) is 1.94. The van der Waals surface area contributed by atoms with E-state index in [1.165, 1.54) is 6.07 Å². The molecule has 3 aromatic rings. The van der Waals surface area contributed by atoms with Gasteiger partial charge in [-0.2, -0.15) is 0 Å². The molecule has 0 saturated heterocycles. The average molecular weight is 442 g/mol. The van der Waals surface area contributed by atoms with Crippen molar-refractivity contribution in [3.8, 4) is 0 Å². The number of nitro benzene ring substituents is 1. The van der Waals surface area contributed by atoms with E-state index in [-0.39, 0.29) is 17.2 Å². The number of hydrogen-bond acceptors (Lipinski definition) is 4. The number of nitrogens with zero attached hydrogens (tertiary/aromatic N) is 3. The van der Waals surface area contributed by atoms with Crippen LogP contribution < -0.4 is 0 Å². The van der Waals surface area contributed by atoms with E-state index < -0.39 is 4.92 Å². The third-order valence-corrected chi connectivity index (χ3v) is 5.45. The number of halogens is 1. The van der Waals surface area contributed by atoms with E-state index in [1.54, 1.807) is 31.1 Å². The minimum absolute atomic E-state index is 0.0698. The fourth-order valence-corrected chi connectivity index (χ4v) is 3.52. The number of nitro groups is 1. The summed E-state index contributed by atoms with van der Waals surface area (Å²) in [6, 6.07) is 16.0. The lowest BCUT2D eigenvalue weighted by molar-refractivity contribution is -0.385. The molecule has 0 N–H and O–H groups in total. The molecule has 1 amide bonds. The molecule has 0 aliphatic heterocycles. The minimum Gasteiger partial charge on any atom is -0.383 e. The van der Waals surface area contributed by atoms with E-state index in [9.17, 15) is 14.9 Å². The van der Waals surface area contributed by atoms with Crippen molar-refractivity contribution in [3.05, 3.63) is 98.3 Å². The summed E-state index contributed by atoms with van der Waals surface area (Å²) < 4.78 is 7.21. The lowest BCUT2D eigenvalue weighted by Crippen LogP contribution is -2.34. The number of amides is 1. The highest BCUT2D eigenvalue weighted by molar-refractivity contribution is 6.31. The van der Waals surface area contributed by atoms with E-state index in [0.717, 1.165) is 11.3 Å². The molecule has 2 aromatic carbocycles. The predicted molar refractivity (Wildman–Crippen MR) is 119 cm³/mol. The third kappa shape index (κ3) is 5.51. The van der Waals surface area contributed by atoms with Gasteiger partial charge in [-0.05, 0) is 36.8 Å². The maximum atomic E-state index is 13.2. The minimum atomic E-state index is -0.472. The van der Waals surface area contributed by atoms with Crippen LogP contribution in [0.1, 0.15) is 27.2 Å². The van der Waals surface area contributed by atoms with Crippen LogP contribution >= 0.6 is 11.6 Å². The van der Waals surface area contributed by atoms with Gasteiger partial charge in [0.1, 0.15) is 0 Å². The summed E-state index contributed by atoms with van der Waals surface area (Å²) in [7, 11) is 1.57. The predicted octanol–water partition coefficient (Wildman–Crippen LogP) is 4.70. The van der Waals surface area contributed by atoms with Gasteiger partial charge in [0.15, 0.2) is 0 Å². The number of carbonyl (C=O) groups excluding carboxylic acids is 1. The Hall–Kier alpha value is -3.16. The SMILES string of the molecule is COCCN(Cc1cccn1Cc1ccccc1Cl)C(=O)c1ccc(C)c([N+](=O)[O-])c1. The number of aryl methyl sites for hydroxylation is 1. The molecule has 0 atom stereocenters. The fourth-order valence-electron chi connectivity index (χ4n) is 3.33. The van der Waals surface area contributed by atoms with Crippen molar-refractivity contribution < 1.29 is 14.5 Å². The number of ether oxygens (including phenoxy) is 1. The van der Waals surface area contributed by atoms with E-state index in [0.29, 0.717) is 36.8 Å². The largest absolute Gasteiger partial charge is 0.383 e. The second kappa shape index (κ2) is 10.2. The monoisotopic (exact) mass is 441 g/mol. The second-order valence-electron chi connectivity index (χ2n) is 7.20. The number of carbonyl (C=O) groups is 1. The summed E-state index contributed by atoms with van der Waals surface area (Å²) >= 11 is 6.30. The number of aromatic nitrogens is 1. The highest BCUT2D eigenvalue weighted by atomic mass is 35.5. The summed E-state index contributed by atoms with van der Waals surface area (Å²) in [5.74, 6) is -0.286. The molecule has 0 radical (unpaired) electrons. The normalized spacial score (nSPS) is 10.8. The van der Waals surface area contributed by atoms with Gasteiger partial charge in [0.2, 0.25) is 0 Å². The second-order valence-corrected chi connectivity index (χ2v) is 7.60. The van der Waals surface area contributed by atoms with Gasteiger partial charge in [0.05, 0.1) is 18.1 Å². The third-order valence-electron chi connectivity index (χ3n) is 5.08. The van der Waals surface area contributed by atoms with Crippen molar-refractivity contribution >= 4 is 23.2 Å². The molecule has 0 bridgehead atoms. The van der Waals surface area contributed by atoms with Gasteiger partial charge in [0, 0.05) is 54.3 Å². The molecule has 7 nitrogen and oxygen atoms in total. The Morgan fingerprint density at radius 1 is 1.19 bits per heavy atom. The van der Waals surface area contributed by atoms with Crippen LogP contribution in [0.15, 0.2) is 60.8 Å². The highest BCUT2D eigenvalue weighted by Gasteiger charge is 2.21. The summed E-state index contributed by atoms with van der Waals surface area (Å²) in [4.78, 5) is 25.7. The van der Waals surface area contributed by atoms with Crippen molar-refractivity contribution in [2.75, 3.05) is 20.3 Å². The van der Waals surface area contributed by atoms with Crippen LogP contribution in [-0.2, 0) is 17.8 Å². The van der Waals surface area contributed by atoms with Crippen LogP contribution in [0.3, 0.4) is 0 Å². The Morgan fingerprint density at radius 3 is 2.68 bits per heavy atom. The van der Waals surface area contributed by atoms with E-state index in [4.69, 9.17) is 16.3 Å². The molecule has 3 rings (SSSR count). The van der Waals surface area contributed by atoms with E-state index in [1.807, 2.05) is 47.2 Å². The molecule has 0 aliphatic carbocycles. The summed E-state index contributed by atoms with van der Waals surface area (Å²) in [6.45, 7) is 3.27. The van der Waals surface area contributed by atoms with E-state index >= 15 is 0 Å². The molecule has 8 heteroatoms. The summed E-state index contributed by atoms with van der Waals surface area (Å²) in [5.41, 5.74) is 2.62. The molecule has 0 fully saturated rings. The highest BCUT2D eigenvalue weighted by Crippen LogP contribution is 2.22. The first kappa shape index (κ1) is 22.5. The molecule has 1 aromatic heterocycles. The Bertz CT molecular complexity index is 1080. The first-order valence-corrected chi connectivity index (χ1v) is 10.2. The molecule has 0 unspecified atom stereocenters. The first-order chi connectivity index (χ1) is 14.9. The zero-order valence-electron chi connectivity index (χ0n) is 17.5. The van der Waals surface area contributed by atoms with Gasteiger partial charge in [-0.1, -0.05) is 35.9 Å². The van der Waals surface area contributed by atoms with Gasteiger partial charge in [-0.3, -0.25) is 14.9 Å². The van der Waals surface area contributed by atoms with Crippen molar-refractivity contribution in [2.45, 2.75) is 20.0 Å². The zero-order valence-corrected chi connectivity index (χ0v) is 18.2. The topological polar surface area (TPSA) is 77.6 Å². The van der Waals surface area contributed by atoms with Crippen LogP contribution in [0.4, 0.5) is 5.69 Å². The lowest BCUT2D eigenvalue weighted by Gasteiger charge is -2.23. The first-order valence-electron chi connectivity index (χ1n) is 9.81. The standard InChI is InChI=1S/C23H24ClN3O4/c1-17-9-10-18(14-22(17)27(29)30)23(28)26(12-13-31-2)16-20-7-5-11-25(20)15-19-6-3-4-8-21(19)24/h3-11,14H,12-13,15-16H2,1-2H3. The molecule has 162 valence electrons. The quantitative estimate of drug-likeness (QED) is 0.356. The molecule has 0 aliphatic rings. The number of benzene rings is 2. The molecular weight excluding hydrogens is 418 g/mol.